The molecule has 0 aliphatic rings. The number of carbonyl (C=O) groups is 2. The number of rotatable bonds is 4. The Hall–Kier alpha value is -2.30. The van der Waals surface area contributed by atoms with Gasteiger partial charge in [-0.2, -0.15) is 0 Å². The standard InChI is InChI=1S/C15H20N2O3/c1-9(2)14(19)10(3)15(20)17-13-7-5-6-12(8-13)16-11(4)18/h5-9,19H,1-4H3,(H,16,18)(H,17,20). The van der Waals surface area contributed by atoms with Gasteiger partial charge < -0.3 is 15.7 Å². The van der Waals surface area contributed by atoms with Crippen molar-refractivity contribution in [1.82, 2.24) is 0 Å². The second-order valence-corrected chi connectivity index (χ2v) is 4.88. The summed E-state index contributed by atoms with van der Waals surface area (Å²) in [6.07, 6.45) is 0. The summed E-state index contributed by atoms with van der Waals surface area (Å²) in [5.41, 5.74) is 1.44. The summed E-state index contributed by atoms with van der Waals surface area (Å²) in [6.45, 7) is 6.61. The Labute approximate surface area is 118 Å². The van der Waals surface area contributed by atoms with Gasteiger partial charge in [0.1, 0.15) is 5.76 Å². The zero-order valence-corrected chi connectivity index (χ0v) is 12.2. The molecule has 0 saturated heterocycles. The normalized spacial score (nSPS) is 11.8. The van der Waals surface area contributed by atoms with E-state index >= 15 is 0 Å². The molecule has 0 heterocycles. The van der Waals surface area contributed by atoms with Crippen LogP contribution in [0.2, 0.25) is 0 Å². The molecule has 5 heteroatoms. The minimum absolute atomic E-state index is 0.0699. The van der Waals surface area contributed by atoms with Gasteiger partial charge in [0.2, 0.25) is 5.91 Å². The molecule has 1 rings (SSSR count). The largest absolute Gasteiger partial charge is 0.512 e. The van der Waals surface area contributed by atoms with Crippen LogP contribution in [0, 0.1) is 5.92 Å². The molecule has 0 atom stereocenters. The molecular weight excluding hydrogens is 256 g/mol. The van der Waals surface area contributed by atoms with Gasteiger partial charge in [0.15, 0.2) is 0 Å². The molecule has 0 aliphatic heterocycles. The van der Waals surface area contributed by atoms with Gasteiger partial charge in [0.05, 0.1) is 5.57 Å². The molecule has 0 bridgehead atoms. The van der Waals surface area contributed by atoms with Gasteiger partial charge in [-0.05, 0) is 25.1 Å². The molecule has 3 N–H and O–H groups in total. The lowest BCUT2D eigenvalue weighted by molar-refractivity contribution is -0.114. The maximum atomic E-state index is 12.0. The molecule has 2 amide bonds. The van der Waals surface area contributed by atoms with Crippen LogP contribution in [0.4, 0.5) is 11.4 Å². The summed E-state index contributed by atoms with van der Waals surface area (Å²) >= 11 is 0. The Balaban J connectivity index is 2.86. The summed E-state index contributed by atoms with van der Waals surface area (Å²) < 4.78 is 0. The van der Waals surface area contributed by atoms with Gasteiger partial charge in [-0.1, -0.05) is 19.9 Å². The van der Waals surface area contributed by atoms with Crippen molar-refractivity contribution >= 4 is 23.2 Å². The third-order valence-electron chi connectivity index (χ3n) is 2.71. The molecule has 0 saturated carbocycles. The first kappa shape index (κ1) is 15.8. The van der Waals surface area contributed by atoms with E-state index in [1.807, 2.05) is 13.8 Å². The number of carbonyl (C=O) groups excluding carboxylic acids is 2. The van der Waals surface area contributed by atoms with Gasteiger partial charge in [0.25, 0.3) is 5.91 Å². The van der Waals surface area contributed by atoms with E-state index in [1.54, 1.807) is 31.2 Å². The van der Waals surface area contributed by atoms with Crippen molar-refractivity contribution in [3.05, 3.63) is 35.6 Å². The summed E-state index contributed by atoms with van der Waals surface area (Å²) in [4.78, 5) is 23.0. The number of amides is 2. The fourth-order valence-corrected chi connectivity index (χ4v) is 1.65. The van der Waals surface area contributed by atoms with Gasteiger partial charge in [-0.15, -0.1) is 0 Å². The molecule has 108 valence electrons. The maximum Gasteiger partial charge on any atom is 0.254 e. The zero-order chi connectivity index (χ0) is 15.3. The van der Waals surface area contributed by atoms with E-state index in [4.69, 9.17) is 0 Å². The predicted molar refractivity (Wildman–Crippen MR) is 79.5 cm³/mol. The topological polar surface area (TPSA) is 78.4 Å². The highest BCUT2D eigenvalue weighted by Gasteiger charge is 2.13. The zero-order valence-electron chi connectivity index (χ0n) is 12.2. The van der Waals surface area contributed by atoms with Gasteiger partial charge in [0, 0.05) is 24.2 Å². The summed E-state index contributed by atoms with van der Waals surface area (Å²) in [5, 5.41) is 15.1. The van der Waals surface area contributed by atoms with Gasteiger partial charge in [-0.3, -0.25) is 9.59 Å². The Bertz CT molecular complexity index is 548. The molecule has 1 aromatic carbocycles. The lowest BCUT2D eigenvalue weighted by atomic mass is 10.1. The Morgan fingerprint density at radius 3 is 2.15 bits per heavy atom. The smallest absolute Gasteiger partial charge is 0.254 e. The van der Waals surface area contributed by atoms with Crippen molar-refractivity contribution in [2.45, 2.75) is 27.7 Å². The van der Waals surface area contributed by atoms with Crippen molar-refractivity contribution in [2.24, 2.45) is 5.92 Å². The van der Waals surface area contributed by atoms with E-state index < -0.39 is 0 Å². The van der Waals surface area contributed by atoms with Crippen LogP contribution in [0.25, 0.3) is 0 Å². The van der Waals surface area contributed by atoms with Crippen molar-refractivity contribution < 1.29 is 14.7 Å². The van der Waals surface area contributed by atoms with Crippen LogP contribution in [0.5, 0.6) is 0 Å². The van der Waals surface area contributed by atoms with E-state index in [2.05, 4.69) is 10.6 Å². The second-order valence-electron chi connectivity index (χ2n) is 4.88. The quantitative estimate of drug-likeness (QED) is 0.584. The van der Waals surface area contributed by atoms with Crippen LogP contribution in [0.15, 0.2) is 35.6 Å². The number of hydrogen-bond acceptors (Lipinski definition) is 3. The van der Waals surface area contributed by atoms with Gasteiger partial charge >= 0.3 is 0 Å². The predicted octanol–water partition coefficient (Wildman–Crippen LogP) is 3.07. The fourth-order valence-electron chi connectivity index (χ4n) is 1.65. The summed E-state index contributed by atoms with van der Waals surface area (Å²) in [5.74, 6) is -0.579. The molecule has 1 aromatic rings. The fraction of sp³-hybridized carbons (Fsp3) is 0.333. The summed E-state index contributed by atoms with van der Waals surface area (Å²) in [6, 6.07) is 6.81. The molecule has 5 nitrogen and oxygen atoms in total. The van der Waals surface area contributed by atoms with E-state index in [9.17, 15) is 14.7 Å². The minimum atomic E-state index is -0.365. The van der Waals surface area contributed by atoms with Crippen molar-refractivity contribution in [3.63, 3.8) is 0 Å². The molecule has 0 spiro atoms. The van der Waals surface area contributed by atoms with Gasteiger partial charge in [-0.25, -0.2) is 0 Å². The van der Waals surface area contributed by atoms with E-state index in [0.717, 1.165) is 0 Å². The molecule has 0 radical (unpaired) electrons. The molecule has 0 aromatic heterocycles. The highest BCUT2D eigenvalue weighted by molar-refractivity contribution is 6.04. The number of anilines is 2. The first-order valence-electron chi connectivity index (χ1n) is 6.40. The van der Waals surface area contributed by atoms with Crippen LogP contribution in [-0.2, 0) is 9.59 Å². The van der Waals surface area contributed by atoms with Crippen molar-refractivity contribution in [1.29, 1.82) is 0 Å². The number of allylic oxidation sites excluding steroid dienone is 1. The Kier molecular flexibility index (Phi) is 5.32. The average molecular weight is 276 g/mol. The van der Waals surface area contributed by atoms with Crippen LogP contribution in [-0.4, -0.2) is 16.9 Å². The first-order chi connectivity index (χ1) is 9.31. The summed E-state index contributed by atoms with van der Waals surface area (Å²) in [7, 11) is 0. The van der Waals surface area contributed by atoms with Crippen LogP contribution < -0.4 is 10.6 Å². The highest BCUT2D eigenvalue weighted by Crippen LogP contribution is 2.17. The number of benzene rings is 1. The number of aliphatic hydroxyl groups is 1. The molecular formula is C15H20N2O3. The SMILES string of the molecule is CC(=O)Nc1cccc(NC(=O)C(C)=C(O)C(C)C)c1. The van der Waals surface area contributed by atoms with Crippen LogP contribution >= 0.6 is 0 Å². The second kappa shape index (κ2) is 6.75. The number of hydrogen-bond donors (Lipinski definition) is 3. The third kappa shape index (κ3) is 4.42. The Morgan fingerprint density at radius 1 is 1.10 bits per heavy atom. The monoisotopic (exact) mass is 276 g/mol. The molecule has 0 fully saturated rings. The maximum absolute atomic E-state index is 12.0. The number of nitrogens with one attached hydrogen (secondary N) is 2. The number of aliphatic hydroxyl groups excluding tert-OH is 1. The first-order valence-corrected chi connectivity index (χ1v) is 6.40. The minimum Gasteiger partial charge on any atom is -0.512 e. The van der Waals surface area contributed by atoms with Crippen LogP contribution in [0.1, 0.15) is 27.7 Å². The van der Waals surface area contributed by atoms with E-state index in [0.29, 0.717) is 11.4 Å². The third-order valence-corrected chi connectivity index (χ3v) is 2.71. The van der Waals surface area contributed by atoms with Crippen LogP contribution in [0.3, 0.4) is 0 Å². The molecule has 0 aliphatic carbocycles. The van der Waals surface area contributed by atoms with Crippen molar-refractivity contribution in [3.8, 4) is 0 Å². The Morgan fingerprint density at radius 2 is 1.65 bits per heavy atom. The average Bonchev–Trinajstić information content (AvgIpc) is 2.36. The molecule has 0 unspecified atom stereocenters. The van der Waals surface area contributed by atoms with E-state index in [1.165, 1.54) is 6.92 Å². The lowest BCUT2D eigenvalue weighted by Gasteiger charge is -2.11. The lowest BCUT2D eigenvalue weighted by Crippen LogP contribution is -2.16. The van der Waals surface area contributed by atoms with E-state index in [-0.39, 0.29) is 29.1 Å². The highest BCUT2D eigenvalue weighted by atomic mass is 16.3. The molecule has 20 heavy (non-hydrogen) atoms. The van der Waals surface area contributed by atoms with Crippen molar-refractivity contribution in [2.75, 3.05) is 10.6 Å².